The summed E-state index contributed by atoms with van der Waals surface area (Å²) in [7, 11) is 6.60. The van der Waals surface area contributed by atoms with Crippen LogP contribution in [0.4, 0.5) is 15.3 Å². The number of carbonyl (C=O) groups is 2. The zero-order chi connectivity index (χ0) is 18.6. The highest BCUT2D eigenvalue weighted by atomic mass is 16.2. The van der Waals surface area contributed by atoms with Crippen molar-refractivity contribution in [2.24, 2.45) is 0 Å². The zero-order valence-electron chi connectivity index (χ0n) is 15.1. The molecule has 6 heteroatoms. The highest BCUT2D eigenvalue weighted by Gasteiger charge is 2.24. The molecule has 0 bridgehead atoms. The maximum Gasteiger partial charge on any atom is 0.321 e. The Labute approximate surface area is 148 Å². The molecule has 25 heavy (non-hydrogen) atoms. The van der Waals surface area contributed by atoms with Gasteiger partial charge in [0.25, 0.3) is 0 Å². The van der Waals surface area contributed by atoms with Gasteiger partial charge in [-0.15, -0.1) is 0 Å². The molecule has 1 aromatic rings. The molecule has 0 atom stereocenters. The molecule has 0 unspecified atom stereocenters. The number of benzene rings is 1. The largest absolute Gasteiger partial charge is 0.341 e. The van der Waals surface area contributed by atoms with E-state index in [2.05, 4.69) is 17.2 Å². The number of carbonyl (C=O) groups excluding carboxylic acids is 2. The number of para-hydroxylation sites is 1. The third-order valence-corrected chi connectivity index (χ3v) is 4.17. The Kier molecular flexibility index (Phi) is 5.64. The molecule has 6 nitrogen and oxygen atoms in total. The van der Waals surface area contributed by atoms with E-state index in [0.29, 0.717) is 6.42 Å². The minimum atomic E-state index is -0.221. The molecule has 132 valence electrons. The van der Waals surface area contributed by atoms with E-state index in [1.807, 2.05) is 36.4 Å². The maximum absolute atomic E-state index is 12.1. The minimum absolute atomic E-state index is 0.215. The minimum Gasteiger partial charge on any atom is -0.341 e. The Hall–Kier alpha value is -3.02. The van der Waals surface area contributed by atoms with Crippen LogP contribution in [0.25, 0.3) is 5.57 Å². The van der Waals surface area contributed by atoms with Gasteiger partial charge in [0.2, 0.25) is 0 Å². The van der Waals surface area contributed by atoms with Crippen molar-refractivity contribution in [1.82, 2.24) is 15.5 Å². The molecule has 1 aliphatic carbocycles. The van der Waals surface area contributed by atoms with Crippen molar-refractivity contribution in [2.75, 3.05) is 33.1 Å². The lowest BCUT2D eigenvalue weighted by Gasteiger charge is -2.29. The SMILES string of the molecule is C=C1CC=CC(c2ccccc2N(C)C(=O)NC)=C1N(C)C(=O)NC. The van der Waals surface area contributed by atoms with Crippen LogP contribution >= 0.6 is 0 Å². The number of rotatable bonds is 3. The zero-order valence-corrected chi connectivity index (χ0v) is 15.1. The predicted molar refractivity (Wildman–Crippen MR) is 101 cm³/mol. The predicted octanol–water partition coefficient (Wildman–Crippen LogP) is 2.96. The van der Waals surface area contributed by atoms with Crippen molar-refractivity contribution in [1.29, 1.82) is 0 Å². The average molecular weight is 340 g/mol. The monoisotopic (exact) mass is 340 g/mol. The van der Waals surface area contributed by atoms with E-state index in [9.17, 15) is 9.59 Å². The highest BCUT2D eigenvalue weighted by Crippen LogP contribution is 2.36. The summed E-state index contributed by atoms with van der Waals surface area (Å²) in [6.07, 6.45) is 4.66. The summed E-state index contributed by atoms with van der Waals surface area (Å²) in [4.78, 5) is 27.3. The second-order valence-electron chi connectivity index (χ2n) is 5.72. The fraction of sp³-hybridized carbons (Fsp3) is 0.263. The van der Waals surface area contributed by atoms with Crippen molar-refractivity contribution in [3.8, 4) is 0 Å². The van der Waals surface area contributed by atoms with Gasteiger partial charge < -0.3 is 10.6 Å². The summed E-state index contributed by atoms with van der Waals surface area (Å²) >= 11 is 0. The summed E-state index contributed by atoms with van der Waals surface area (Å²) in [6.45, 7) is 4.11. The average Bonchev–Trinajstić information content (AvgIpc) is 2.65. The molecule has 0 saturated heterocycles. The van der Waals surface area contributed by atoms with Crippen LogP contribution in [0.2, 0.25) is 0 Å². The molecule has 0 aliphatic heterocycles. The number of nitrogens with zero attached hydrogens (tertiary/aromatic N) is 2. The first-order valence-corrected chi connectivity index (χ1v) is 8.01. The lowest BCUT2D eigenvalue weighted by molar-refractivity contribution is 0.222. The van der Waals surface area contributed by atoms with E-state index < -0.39 is 0 Å². The van der Waals surface area contributed by atoms with Crippen LogP contribution in [0.1, 0.15) is 12.0 Å². The van der Waals surface area contributed by atoms with E-state index in [0.717, 1.165) is 28.1 Å². The molecule has 2 N–H and O–H groups in total. The van der Waals surface area contributed by atoms with Gasteiger partial charge in [0.1, 0.15) is 0 Å². The Bertz CT molecular complexity index is 764. The third-order valence-electron chi connectivity index (χ3n) is 4.17. The van der Waals surface area contributed by atoms with Gasteiger partial charge >= 0.3 is 12.1 Å². The van der Waals surface area contributed by atoms with Crippen LogP contribution < -0.4 is 15.5 Å². The highest BCUT2D eigenvalue weighted by molar-refractivity contribution is 5.97. The first-order chi connectivity index (χ1) is 11.9. The number of likely N-dealkylation sites (N-methyl/N-ethyl adjacent to an activating group) is 1. The normalized spacial score (nSPS) is 13.5. The van der Waals surface area contributed by atoms with Crippen molar-refractivity contribution >= 4 is 23.3 Å². The molecular weight excluding hydrogens is 316 g/mol. The Morgan fingerprint density at radius 2 is 1.64 bits per heavy atom. The van der Waals surface area contributed by atoms with Crippen LogP contribution in [0.5, 0.6) is 0 Å². The summed E-state index contributed by atoms with van der Waals surface area (Å²) in [5, 5.41) is 5.26. The summed E-state index contributed by atoms with van der Waals surface area (Å²) in [5.74, 6) is 0. The Balaban J connectivity index is 2.65. The fourth-order valence-electron chi connectivity index (χ4n) is 2.86. The van der Waals surface area contributed by atoms with Crippen LogP contribution in [-0.4, -0.2) is 45.2 Å². The number of urea groups is 2. The van der Waals surface area contributed by atoms with Gasteiger partial charge in [0.15, 0.2) is 0 Å². The first-order valence-electron chi connectivity index (χ1n) is 8.01. The van der Waals surface area contributed by atoms with Gasteiger partial charge in [-0.05, 0) is 18.1 Å². The summed E-state index contributed by atoms with van der Waals surface area (Å²) in [6, 6.07) is 7.16. The van der Waals surface area contributed by atoms with E-state index in [1.165, 1.54) is 0 Å². The fourth-order valence-corrected chi connectivity index (χ4v) is 2.86. The van der Waals surface area contributed by atoms with E-state index in [4.69, 9.17) is 0 Å². The number of amides is 4. The second kappa shape index (κ2) is 7.70. The van der Waals surface area contributed by atoms with Crippen LogP contribution in [0.3, 0.4) is 0 Å². The maximum atomic E-state index is 12.1. The quantitative estimate of drug-likeness (QED) is 0.888. The van der Waals surface area contributed by atoms with E-state index >= 15 is 0 Å². The second-order valence-corrected chi connectivity index (χ2v) is 5.72. The first kappa shape index (κ1) is 18.3. The Morgan fingerprint density at radius 3 is 2.28 bits per heavy atom. The third kappa shape index (κ3) is 3.57. The van der Waals surface area contributed by atoms with Crippen LogP contribution in [0, 0.1) is 0 Å². The molecule has 0 spiro atoms. The van der Waals surface area contributed by atoms with Crippen LogP contribution in [-0.2, 0) is 0 Å². The van der Waals surface area contributed by atoms with Gasteiger partial charge in [-0.3, -0.25) is 9.80 Å². The number of hydrogen-bond donors (Lipinski definition) is 2. The number of hydrogen-bond acceptors (Lipinski definition) is 2. The summed E-state index contributed by atoms with van der Waals surface area (Å²) in [5.41, 5.74) is 4.06. The smallest absolute Gasteiger partial charge is 0.321 e. The number of allylic oxidation sites excluding steroid dienone is 4. The van der Waals surface area contributed by atoms with Crippen molar-refractivity contribution in [3.63, 3.8) is 0 Å². The molecule has 4 amide bonds. The van der Waals surface area contributed by atoms with E-state index in [1.54, 1.807) is 38.0 Å². The van der Waals surface area contributed by atoms with Gasteiger partial charge in [0.05, 0.1) is 11.4 Å². The molecule has 0 fully saturated rings. The number of nitrogens with one attached hydrogen (secondary N) is 2. The topological polar surface area (TPSA) is 64.7 Å². The Morgan fingerprint density at radius 1 is 1.04 bits per heavy atom. The van der Waals surface area contributed by atoms with Gasteiger partial charge in [-0.25, -0.2) is 9.59 Å². The summed E-state index contributed by atoms with van der Waals surface area (Å²) < 4.78 is 0. The van der Waals surface area contributed by atoms with Gasteiger partial charge in [0, 0.05) is 39.3 Å². The molecule has 1 aliphatic rings. The van der Waals surface area contributed by atoms with Gasteiger partial charge in [-0.2, -0.15) is 0 Å². The van der Waals surface area contributed by atoms with Crippen molar-refractivity contribution in [3.05, 3.63) is 59.8 Å². The molecule has 2 rings (SSSR count). The molecule has 0 radical (unpaired) electrons. The molecule has 0 aromatic heterocycles. The molecule has 0 heterocycles. The van der Waals surface area contributed by atoms with Crippen molar-refractivity contribution < 1.29 is 9.59 Å². The van der Waals surface area contributed by atoms with Crippen LogP contribution in [0.15, 0.2) is 54.3 Å². The van der Waals surface area contributed by atoms with E-state index in [-0.39, 0.29) is 12.1 Å². The molecule has 0 saturated carbocycles. The number of anilines is 1. The lowest BCUT2D eigenvalue weighted by Crippen LogP contribution is -2.36. The molecular formula is C19H24N4O2. The molecule has 1 aromatic carbocycles. The standard InChI is InChI=1S/C19H24N4O2/c1-13-9-8-11-15(17(13)23(5)19(25)21-3)14-10-6-7-12-16(14)22(4)18(24)20-2/h6-8,10-12H,1,9H2,2-5H3,(H,20,24)(H,21,25). The van der Waals surface area contributed by atoms with Gasteiger partial charge in [-0.1, -0.05) is 36.9 Å². The lowest BCUT2D eigenvalue weighted by atomic mass is 9.92. The van der Waals surface area contributed by atoms with Crippen molar-refractivity contribution in [2.45, 2.75) is 6.42 Å².